The van der Waals surface area contributed by atoms with Gasteiger partial charge in [0.1, 0.15) is 12.0 Å². The van der Waals surface area contributed by atoms with E-state index >= 15 is 0 Å². The van der Waals surface area contributed by atoms with Crippen molar-refractivity contribution in [3.8, 4) is 17.2 Å². The van der Waals surface area contributed by atoms with Crippen LogP contribution in [0.1, 0.15) is 29.7 Å². The van der Waals surface area contributed by atoms with Crippen LogP contribution in [0.25, 0.3) is 11.5 Å². The van der Waals surface area contributed by atoms with Gasteiger partial charge in [0.2, 0.25) is 5.89 Å². The van der Waals surface area contributed by atoms with Crippen molar-refractivity contribution in [2.24, 2.45) is 4.99 Å². The molecule has 1 aliphatic rings. The number of aromatic nitrogens is 1. The number of para-hydroxylation sites is 1. The fourth-order valence-electron chi connectivity index (χ4n) is 3.64. The number of oxazole rings is 1. The lowest BCUT2D eigenvalue weighted by molar-refractivity contribution is 0.403. The SMILES string of the molecule is CN=C(NCc1coc(-c2ccc(C)cc2)n1)NCC1(c2ccccc2OC)CC1.I. The molecule has 1 heterocycles. The second-order valence-corrected chi connectivity index (χ2v) is 7.77. The molecule has 0 amide bonds. The smallest absolute Gasteiger partial charge is 0.226 e. The summed E-state index contributed by atoms with van der Waals surface area (Å²) in [5.41, 5.74) is 4.39. The van der Waals surface area contributed by atoms with Crippen LogP contribution in [0.15, 0.2) is 64.2 Å². The van der Waals surface area contributed by atoms with E-state index in [2.05, 4.69) is 51.8 Å². The number of halogens is 1. The Morgan fingerprint density at radius 3 is 2.55 bits per heavy atom. The number of methoxy groups -OCH3 is 1. The summed E-state index contributed by atoms with van der Waals surface area (Å²) in [6.45, 7) is 3.41. The molecule has 0 unspecified atom stereocenters. The molecule has 1 aliphatic carbocycles. The van der Waals surface area contributed by atoms with E-state index in [1.54, 1.807) is 20.4 Å². The van der Waals surface area contributed by atoms with Gasteiger partial charge in [-0.25, -0.2) is 4.98 Å². The molecular weight excluding hydrogens is 503 g/mol. The highest BCUT2D eigenvalue weighted by Crippen LogP contribution is 2.50. The Labute approximate surface area is 200 Å². The summed E-state index contributed by atoms with van der Waals surface area (Å²) in [6, 6.07) is 16.4. The van der Waals surface area contributed by atoms with Crippen LogP contribution in [0.4, 0.5) is 0 Å². The van der Waals surface area contributed by atoms with Crippen molar-refractivity contribution in [3.63, 3.8) is 0 Å². The highest BCUT2D eigenvalue weighted by Gasteiger charge is 2.46. The Morgan fingerprint density at radius 2 is 1.87 bits per heavy atom. The molecule has 6 nitrogen and oxygen atoms in total. The molecule has 0 saturated heterocycles. The maximum Gasteiger partial charge on any atom is 0.226 e. The molecule has 1 aromatic heterocycles. The fraction of sp³-hybridized carbons (Fsp3) is 0.333. The highest BCUT2D eigenvalue weighted by atomic mass is 127. The summed E-state index contributed by atoms with van der Waals surface area (Å²) in [5, 5.41) is 6.79. The molecule has 164 valence electrons. The van der Waals surface area contributed by atoms with E-state index in [1.165, 1.54) is 11.1 Å². The van der Waals surface area contributed by atoms with Crippen molar-refractivity contribution < 1.29 is 9.15 Å². The van der Waals surface area contributed by atoms with E-state index in [0.29, 0.717) is 12.4 Å². The lowest BCUT2D eigenvalue weighted by Gasteiger charge is -2.21. The van der Waals surface area contributed by atoms with Crippen molar-refractivity contribution in [1.82, 2.24) is 15.6 Å². The average molecular weight is 532 g/mol. The summed E-state index contributed by atoms with van der Waals surface area (Å²) < 4.78 is 11.2. The van der Waals surface area contributed by atoms with E-state index in [1.807, 2.05) is 24.3 Å². The van der Waals surface area contributed by atoms with Crippen molar-refractivity contribution in [1.29, 1.82) is 0 Å². The Bertz CT molecular complexity index is 1030. The number of benzene rings is 2. The predicted molar refractivity (Wildman–Crippen MR) is 134 cm³/mol. The number of ether oxygens (including phenoxy) is 1. The van der Waals surface area contributed by atoms with Crippen LogP contribution >= 0.6 is 24.0 Å². The van der Waals surface area contributed by atoms with E-state index in [-0.39, 0.29) is 29.4 Å². The molecular formula is C24H29IN4O2. The van der Waals surface area contributed by atoms with E-state index < -0.39 is 0 Å². The third-order valence-electron chi connectivity index (χ3n) is 5.64. The standard InChI is InChI=1S/C24H28N4O2.HI/c1-17-8-10-18(11-9-17)22-28-19(15-30-22)14-26-23(25-2)27-16-24(12-13-24)20-6-4-5-7-21(20)29-3;/h4-11,15H,12-14,16H2,1-3H3,(H2,25,26,27);1H. The number of nitrogens with zero attached hydrogens (tertiary/aromatic N) is 2. The summed E-state index contributed by atoms with van der Waals surface area (Å²) in [7, 11) is 3.50. The van der Waals surface area contributed by atoms with Crippen LogP contribution in [-0.2, 0) is 12.0 Å². The maximum atomic E-state index is 5.64. The zero-order chi connectivity index (χ0) is 21.0. The number of hydrogen-bond donors (Lipinski definition) is 2. The highest BCUT2D eigenvalue weighted by molar-refractivity contribution is 14.0. The molecule has 3 aromatic rings. The second-order valence-electron chi connectivity index (χ2n) is 7.77. The molecule has 2 aromatic carbocycles. The summed E-state index contributed by atoms with van der Waals surface area (Å²) in [4.78, 5) is 8.93. The van der Waals surface area contributed by atoms with E-state index in [9.17, 15) is 0 Å². The molecule has 31 heavy (non-hydrogen) atoms. The Kier molecular flexibility index (Phi) is 7.59. The first-order chi connectivity index (χ1) is 14.6. The molecule has 2 N–H and O–H groups in total. The second kappa shape index (κ2) is 10.2. The number of aryl methyl sites for hydroxylation is 1. The van der Waals surface area contributed by atoms with Crippen molar-refractivity contribution >= 4 is 29.9 Å². The Morgan fingerprint density at radius 1 is 1.13 bits per heavy atom. The lowest BCUT2D eigenvalue weighted by Crippen LogP contribution is -2.41. The number of hydrogen-bond acceptors (Lipinski definition) is 4. The molecule has 0 atom stereocenters. The van der Waals surface area contributed by atoms with Gasteiger partial charge in [0.25, 0.3) is 0 Å². The molecule has 0 aliphatic heterocycles. The van der Waals surface area contributed by atoms with Gasteiger partial charge >= 0.3 is 0 Å². The van der Waals surface area contributed by atoms with Crippen molar-refractivity contribution in [3.05, 3.63) is 71.6 Å². The third-order valence-corrected chi connectivity index (χ3v) is 5.64. The topological polar surface area (TPSA) is 71.7 Å². The molecule has 1 saturated carbocycles. The first-order valence-corrected chi connectivity index (χ1v) is 10.2. The minimum atomic E-state index is 0. The van der Waals surface area contributed by atoms with Crippen LogP contribution in [0, 0.1) is 6.92 Å². The van der Waals surface area contributed by atoms with Crippen LogP contribution in [-0.4, -0.2) is 31.6 Å². The van der Waals surface area contributed by atoms with Crippen LogP contribution in [0.5, 0.6) is 5.75 Å². The van der Waals surface area contributed by atoms with Gasteiger partial charge in [-0.1, -0.05) is 35.9 Å². The Hall–Kier alpha value is -2.55. The van der Waals surface area contributed by atoms with Gasteiger partial charge < -0.3 is 19.8 Å². The molecule has 4 rings (SSSR count). The minimum absolute atomic E-state index is 0. The van der Waals surface area contributed by atoms with Gasteiger partial charge in [-0.3, -0.25) is 4.99 Å². The monoisotopic (exact) mass is 532 g/mol. The van der Waals surface area contributed by atoms with Gasteiger partial charge in [0, 0.05) is 30.1 Å². The van der Waals surface area contributed by atoms with Crippen LogP contribution in [0.2, 0.25) is 0 Å². The van der Waals surface area contributed by atoms with E-state index in [4.69, 9.17) is 9.15 Å². The van der Waals surface area contributed by atoms with Crippen molar-refractivity contribution in [2.75, 3.05) is 20.7 Å². The summed E-state index contributed by atoms with van der Waals surface area (Å²) >= 11 is 0. The number of aliphatic imine (C=N–C) groups is 1. The number of rotatable bonds is 7. The normalized spacial score (nSPS) is 14.5. The van der Waals surface area contributed by atoms with Gasteiger partial charge in [0.05, 0.1) is 19.3 Å². The fourth-order valence-corrected chi connectivity index (χ4v) is 3.64. The van der Waals surface area contributed by atoms with Crippen LogP contribution in [0.3, 0.4) is 0 Å². The third kappa shape index (κ3) is 5.39. The molecule has 1 fully saturated rings. The van der Waals surface area contributed by atoms with Gasteiger partial charge in [-0.15, -0.1) is 24.0 Å². The first-order valence-electron chi connectivity index (χ1n) is 10.2. The minimum Gasteiger partial charge on any atom is -0.496 e. The Balaban J connectivity index is 0.00000272. The zero-order valence-corrected chi connectivity index (χ0v) is 20.5. The van der Waals surface area contributed by atoms with E-state index in [0.717, 1.165) is 42.4 Å². The molecule has 0 radical (unpaired) electrons. The van der Waals surface area contributed by atoms with Gasteiger partial charge in [-0.05, 0) is 38.0 Å². The van der Waals surface area contributed by atoms with Crippen LogP contribution < -0.4 is 15.4 Å². The average Bonchev–Trinajstić information content (AvgIpc) is 3.43. The number of nitrogens with one attached hydrogen (secondary N) is 2. The molecule has 0 bridgehead atoms. The largest absolute Gasteiger partial charge is 0.496 e. The summed E-state index contributed by atoms with van der Waals surface area (Å²) in [5.74, 6) is 2.32. The zero-order valence-electron chi connectivity index (χ0n) is 18.1. The van der Waals surface area contributed by atoms with Gasteiger partial charge in [-0.2, -0.15) is 0 Å². The lowest BCUT2D eigenvalue weighted by atomic mass is 9.95. The van der Waals surface area contributed by atoms with Gasteiger partial charge in [0.15, 0.2) is 5.96 Å². The quantitative estimate of drug-likeness (QED) is 0.263. The maximum absolute atomic E-state index is 5.64. The van der Waals surface area contributed by atoms with Crippen molar-refractivity contribution in [2.45, 2.75) is 31.7 Å². The first kappa shape index (κ1) is 23.1. The molecule has 0 spiro atoms. The molecule has 7 heteroatoms. The summed E-state index contributed by atoms with van der Waals surface area (Å²) in [6.07, 6.45) is 3.97. The predicted octanol–water partition coefficient (Wildman–Crippen LogP) is 4.67. The number of guanidine groups is 1.